The van der Waals surface area contributed by atoms with Gasteiger partial charge in [-0.05, 0) is 37.5 Å². The molecular formula is C22H22ClF3N2OS. The van der Waals surface area contributed by atoms with Crippen LogP contribution in [0.5, 0.6) is 0 Å². The number of hydrogen-bond acceptors (Lipinski definition) is 3. The lowest BCUT2D eigenvalue weighted by molar-refractivity contribution is -0.137. The number of halogens is 4. The zero-order valence-corrected chi connectivity index (χ0v) is 18.5. The number of hydrogen-bond donors (Lipinski definition) is 0. The third-order valence-corrected chi connectivity index (χ3v) is 6.22. The Balaban J connectivity index is 2.09. The van der Waals surface area contributed by atoms with Crippen LogP contribution in [0.2, 0.25) is 5.02 Å². The van der Waals surface area contributed by atoms with Crippen molar-refractivity contribution >= 4 is 34.4 Å². The molecule has 1 fully saturated rings. The van der Waals surface area contributed by atoms with E-state index in [4.69, 9.17) is 16.6 Å². The second-order valence-corrected chi connectivity index (χ2v) is 8.79. The van der Waals surface area contributed by atoms with Crippen LogP contribution in [0.25, 0.3) is 0 Å². The summed E-state index contributed by atoms with van der Waals surface area (Å²) in [5, 5.41) is 0.173. The Morgan fingerprint density at radius 1 is 1.23 bits per heavy atom. The molecule has 1 atom stereocenters. The van der Waals surface area contributed by atoms with E-state index in [-0.39, 0.29) is 10.9 Å². The molecule has 2 aromatic carbocycles. The van der Waals surface area contributed by atoms with Crippen LogP contribution in [-0.2, 0) is 17.4 Å². The number of alkyl halides is 3. The van der Waals surface area contributed by atoms with Crippen molar-refractivity contribution in [2.75, 3.05) is 12.3 Å². The van der Waals surface area contributed by atoms with E-state index >= 15 is 0 Å². The lowest BCUT2D eigenvalue weighted by atomic mass is 9.95. The van der Waals surface area contributed by atoms with E-state index in [0.29, 0.717) is 29.4 Å². The van der Waals surface area contributed by atoms with Gasteiger partial charge in [0.1, 0.15) is 0 Å². The van der Waals surface area contributed by atoms with Gasteiger partial charge in [-0.15, -0.1) is 0 Å². The Morgan fingerprint density at radius 3 is 2.50 bits per heavy atom. The van der Waals surface area contributed by atoms with Gasteiger partial charge in [0.15, 0.2) is 5.17 Å². The van der Waals surface area contributed by atoms with E-state index in [1.807, 2.05) is 32.0 Å². The summed E-state index contributed by atoms with van der Waals surface area (Å²) in [5.74, 6) is 0.560. The molecule has 2 aromatic rings. The number of aryl methyl sites for hydroxylation is 2. The number of benzene rings is 2. The minimum Gasteiger partial charge on any atom is -0.291 e. The zero-order chi connectivity index (χ0) is 22.1. The summed E-state index contributed by atoms with van der Waals surface area (Å²) >= 11 is 7.65. The molecule has 0 saturated carbocycles. The van der Waals surface area contributed by atoms with E-state index < -0.39 is 17.8 Å². The highest BCUT2D eigenvalue weighted by molar-refractivity contribution is 8.14. The quantitative estimate of drug-likeness (QED) is 0.550. The lowest BCUT2D eigenvalue weighted by Gasteiger charge is -2.21. The van der Waals surface area contributed by atoms with Gasteiger partial charge in [-0.2, -0.15) is 13.2 Å². The molecule has 0 spiro atoms. The van der Waals surface area contributed by atoms with Crippen LogP contribution in [0, 0.1) is 13.8 Å². The molecule has 0 bridgehead atoms. The van der Waals surface area contributed by atoms with Gasteiger partial charge in [-0.1, -0.05) is 64.8 Å². The minimum atomic E-state index is -4.56. The topological polar surface area (TPSA) is 32.7 Å². The van der Waals surface area contributed by atoms with Crippen molar-refractivity contribution < 1.29 is 18.0 Å². The van der Waals surface area contributed by atoms with Crippen LogP contribution in [-0.4, -0.2) is 28.3 Å². The zero-order valence-electron chi connectivity index (χ0n) is 16.9. The molecule has 3 rings (SSSR count). The highest BCUT2D eigenvalue weighted by Gasteiger charge is 2.35. The summed E-state index contributed by atoms with van der Waals surface area (Å²) in [5.41, 5.74) is 2.50. The molecule has 0 N–H and O–H groups in total. The van der Waals surface area contributed by atoms with Crippen molar-refractivity contribution in [1.29, 1.82) is 0 Å². The first kappa shape index (κ1) is 22.7. The molecule has 30 heavy (non-hydrogen) atoms. The van der Waals surface area contributed by atoms with E-state index in [9.17, 15) is 18.0 Å². The second kappa shape index (κ2) is 9.02. The first-order valence-corrected chi connectivity index (χ1v) is 10.8. The third-order valence-electron chi connectivity index (χ3n) is 4.83. The van der Waals surface area contributed by atoms with Gasteiger partial charge in [-0.25, -0.2) is 0 Å². The predicted octanol–water partition coefficient (Wildman–Crippen LogP) is 6.21. The van der Waals surface area contributed by atoms with Gasteiger partial charge >= 0.3 is 6.18 Å². The lowest BCUT2D eigenvalue weighted by Crippen LogP contribution is -2.29. The standard InChI is InChI=1S/C22H22ClF3N2OS/c1-13-9-14(2)11-16(10-13)12-19(27-21-28(15(3)29)7-8-30-21)17-5-4-6-18(20(17)23)22(24,25)26/h4-6,9-11,19H,7-8,12H2,1-3H3. The van der Waals surface area contributed by atoms with Gasteiger partial charge in [0.2, 0.25) is 5.91 Å². The summed E-state index contributed by atoms with van der Waals surface area (Å²) in [6.45, 7) is 5.93. The smallest absolute Gasteiger partial charge is 0.291 e. The van der Waals surface area contributed by atoms with Crippen LogP contribution in [0.4, 0.5) is 13.2 Å². The van der Waals surface area contributed by atoms with Crippen molar-refractivity contribution in [2.45, 2.75) is 39.4 Å². The van der Waals surface area contributed by atoms with Gasteiger partial charge in [0, 0.05) is 19.2 Å². The SMILES string of the molecule is CC(=O)N1CCSC1=NC(Cc1cc(C)cc(C)c1)c1cccc(C(F)(F)F)c1Cl. The monoisotopic (exact) mass is 454 g/mol. The normalized spacial score (nSPS) is 16.9. The van der Waals surface area contributed by atoms with Crippen LogP contribution >= 0.6 is 23.4 Å². The summed E-state index contributed by atoms with van der Waals surface area (Å²) in [7, 11) is 0. The molecule has 1 aliphatic rings. The maximum absolute atomic E-state index is 13.4. The van der Waals surface area contributed by atoms with Gasteiger partial charge in [0.05, 0.1) is 16.6 Å². The molecule has 0 aromatic heterocycles. The number of carbonyl (C=O) groups is 1. The van der Waals surface area contributed by atoms with E-state index in [1.54, 1.807) is 11.0 Å². The van der Waals surface area contributed by atoms with Crippen molar-refractivity contribution in [3.05, 3.63) is 69.2 Å². The summed E-state index contributed by atoms with van der Waals surface area (Å²) < 4.78 is 40.3. The van der Waals surface area contributed by atoms with Crippen molar-refractivity contribution in [3.8, 4) is 0 Å². The van der Waals surface area contributed by atoms with Crippen LogP contribution in [0.3, 0.4) is 0 Å². The van der Waals surface area contributed by atoms with Crippen molar-refractivity contribution in [3.63, 3.8) is 0 Å². The first-order valence-electron chi connectivity index (χ1n) is 9.47. The van der Waals surface area contributed by atoms with Crippen molar-refractivity contribution in [1.82, 2.24) is 4.90 Å². The highest BCUT2D eigenvalue weighted by Crippen LogP contribution is 2.40. The molecule has 1 amide bonds. The third kappa shape index (κ3) is 5.19. The average molecular weight is 455 g/mol. The molecule has 1 unspecified atom stereocenters. The van der Waals surface area contributed by atoms with Gasteiger partial charge in [0.25, 0.3) is 0 Å². The highest BCUT2D eigenvalue weighted by atomic mass is 35.5. The first-order chi connectivity index (χ1) is 14.1. The number of amides is 1. The number of thioether (sulfide) groups is 1. The molecule has 3 nitrogen and oxygen atoms in total. The fourth-order valence-corrected chi connectivity index (χ4v) is 4.99. The molecule has 1 aliphatic heterocycles. The van der Waals surface area contributed by atoms with Crippen LogP contribution in [0.1, 0.15) is 40.8 Å². The number of amidine groups is 1. The van der Waals surface area contributed by atoms with E-state index in [0.717, 1.165) is 22.8 Å². The number of rotatable bonds is 4. The maximum atomic E-state index is 13.4. The fourth-order valence-electron chi connectivity index (χ4n) is 3.60. The average Bonchev–Trinajstić information content (AvgIpc) is 3.08. The fraction of sp³-hybridized carbons (Fsp3) is 0.364. The predicted molar refractivity (Wildman–Crippen MR) is 116 cm³/mol. The molecule has 8 heteroatoms. The molecule has 1 heterocycles. The number of aliphatic imine (C=N–C) groups is 1. The van der Waals surface area contributed by atoms with Gasteiger partial charge < -0.3 is 0 Å². The van der Waals surface area contributed by atoms with Crippen LogP contribution in [0.15, 0.2) is 41.4 Å². The maximum Gasteiger partial charge on any atom is 0.417 e. The van der Waals surface area contributed by atoms with E-state index in [1.165, 1.54) is 24.8 Å². The molecule has 0 aliphatic carbocycles. The molecular weight excluding hydrogens is 433 g/mol. The Labute approximate surface area is 183 Å². The number of carbonyl (C=O) groups excluding carboxylic acids is 1. The summed E-state index contributed by atoms with van der Waals surface area (Å²) in [6.07, 6.45) is -4.18. The Morgan fingerprint density at radius 2 is 1.90 bits per heavy atom. The molecule has 160 valence electrons. The largest absolute Gasteiger partial charge is 0.417 e. The minimum absolute atomic E-state index is 0.140. The van der Waals surface area contributed by atoms with Gasteiger partial charge in [-0.3, -0.25) is 14.7 Å². The van der Waals surface area contributed by atoms with E-state index in [2.05, 4.69) is 0 Å². The number of nitrogens with zero attached hydrogens (tertiary/aromatic N) is 2. The Hall–Kier alpha value is -1.99. The molecule has 0 radical (unpaired) electrons. The van der Waals surface area contributed by atoms with Crippen molar-refractivity contribution in [2.24, 2.45) is 4.99 Å². The summed E-state index contributed by atoms with van der Waals surface area (Å²) in [6, 6.07) is 9.27. The summed E-state index contributed by atoms with van der Waals surface area (Å²) in [4.78, 5) is 18.2. The molecule has 1 saturated heterocycles. The van der Waals surface area contributed by atoms with Crippen LogP contribution < -0.4 is 0 Å². The Kier molecular flexibility index (Phi) is 6.82. The Bertz CT molecular complexity index is 971. The second-order valence-electron chi connectivity index (χ2n) is 7.35.